The van der Waals surface area contributed by atoms with Crippen LogP contribution < -0.4 is 19.5 Å². The number of nitrogens with one attached hydrogen (secondary N) is 1. The summed E-state index contributed by atoms with van der Waals surface area (Å²) in [6, 6.07) is 11.7. The van der Waals surface area contributed by atoms with Crippen molar-refractivity contribution in [1.29, 1.82) is 0 Å². The summed E-state index contributed by atoms with van der Waals surface area (Å²) in [6.07, 6.45) is 0. The van der Waals surface area contributed by atoms with Crippen LogP contribution in [0.4, 0.5) is 5.69 Å². The normalized spacial score (nSPS) is 15.4. The van der Waals surface area contributed by atoms with Crippen molar-refractivity contribution >= 4 is 40.4 Å². The minimum Gasteiger partial charge on any atom is -0.493 e. The van der Waals surface area contributed by atoms with Crippen LogP contribution in [0, 0.1) is 0 Å². The number of carbonyl (C=O) groups is 2. The number of amides is 2. The van der Waals surface area contributed by atoms with Gasteiger partial charge in [0, 0.05) is 26.7 Å². The first-order valence-electron chi connectivity index (χ1n) is 9.70. The molecule has 0 radical (unpaired) electrons. The third-order valence-corrected chi connectivity index (χ3v) is 6.35. The molecule has 1 unspecified atom stereocenters. The first-order chi connectivity index (χ1) is 15.5. The highest BCUT2D eigenvalue weighted by Gasteiger charge is 2.35. The molecule has 1 atom stereocenters. The van der Waals surface area contributed by atoms with Crippen molar-refractivity contribution in [2.24, 2.45) is 0 Å². The lowest BCUT2D eigenvalue weighted by Crippen LogP contribution is -2.38. The van der Waals surface area contributed by atoms with Gasteiger partial charge in [0.15, 0.2) is 11.5 Å². The van der Waals surface area contributed by atoms with Crippen LogP contribution in [-0.4, -0.2) is 44.6 Å². The summed E-state index contributed by atoms with van der Waals surface area (Å²) in [4.78, 5) is 29.0. The van der Waals surface area contributed by atoms with Crippen molar-refractivity contribution in [2.75, 3.05) is 33.2 Å². The highest BCUT2D eigenvalue weighted by atomic mass is 35.5. The molecule has 9 heteroatoms. The Balaban J connectivity index is 1.87. The monoisotopic (exact) mass is 472 g/mol. The maximum absolute atomic E-state index is 13.8. The highest BCUT2D eigenvalue weighted by Crippen LogP contribution is 2.42. The van der Waals surface area contributed by atoms with Gasteiger partial charge in [-0.2, -0.15) is 0 Å². The summed E-state index contributed by atoms with van der Waals surface area (Å²) < 4.78 is 16.2. The van der Waals surface area contributed by atoms with Crippen molar-refractivity contribution in [1.82, 2.24) is 4.90 Å². The molecule has 0 spiro atoms. The largest absolute Gasteiger partial charge is 0.493 e. The number of benzene rings is 2. The van der Waals surface area contributed by atoms with Gasteiger partial charge in [0.2, 0.25) is 11.7 Å². The van der Waals surface area contributed by atoms with Gasteiger partial charge >= 0.3 is 0 Å². The van der Waals surface area contributed by atoms with Crippen LogP contribution >= 0.6 is 22.9 Å². The van der Waals surface area contributed by atoms with E-state index >= 15 is 0 Å². The summed E-state index contributed by atoms with van der Waals surface area (Å²) in [5.41, 5.74) is 1.67. The molecule has 3 aromatic rings. The summed E-state index contributed by atoms with van der Waals surface area (Å²) in [7, 11) is 4.46. The van der Waals surface area contributed by atoms with Gasteiger partial charge in [0.25, 0.3) is 5.91 Å². The lowest BCUT2D eigenvalue weighted by Gasteiger charge is -2.30. The van der Waals surface area contributed by atoms with E-state index in [0.29, 0.717) is 33.5 Å². The van der Waals surface area contributed by atoms with Crippen LogP contribution in [0.5, 0.6) is 17.2 Å². The molecule has 1 N–H and O–H groups in total. The minimum atomic E-state index is -0.505. The number of methoxy groups -OCH3 is 3. The van der Waals surface area contributed by atoms with Crippen LogP contribution in [0.3, 0.4) is 0 Å². The van der Waals surface area contributed by atoms with Gasteiger partial charge < -0.3 is 24.4 Å². The van der Waals surface area contributed by atoms with E-state index in [9.17, 15) is 9.59 Å². The van der Waals surface area contributed by atoms with Crippen molar-refractivity contribution in [3.05, 3.63) is 68.9 Å². The average Bonchev–Trinajstić information content (AvgIpc) is 3.28. The van der Waals surface area contributed by atoms with E-state index in [1.165, 1.54) is 37.6 Å². The van der Waals surface area contributed by atoms with Gasteiger partial charge in [-0.1, -0.05) is 17.7 Å². The quantitative estimate of drug-likeness (QED) is 0.586. The zero-order valence-corrected chi connectivity index (χ0v) is 19.3. The molecular weight excluding hydrogens is 452 g/mol. The second kappa shape index (κ2) is 9.10. The highest BCUT2D eigenvalue weighted by molar-refractivity contribution is 7.10. The number of thiophene rings is 1. The number of hydrogen-bond acceptors (Lipinski definition) is 6. The third-order valence-electron chi connectivity index (χ3n) is 5.19. The molecule has 2 aromatic carbocycles. The Labute approximate surface area is 194 Å². The van der Waals surface area contributed by atoms with Gasteiger partial charge in [-0.3, -0.25) is 9.59 Å². The van der Waals surface area contributed by atoms with E-state index in [-0.39, 0.29) is 18.4 Å². The predicted octanol–water partition coefficient (Wildman–Crippen LogP) is 4.61. The average molecular weight is 473 g/mol. The SMILES string of the molecule is COc1cc(C(=O)N2CC(=O)Nc3ccc(Cl)cc3C2c2cccs2)cc(OC)c1OC. The van der Waals surface area contributed by atoms with Crippen molar-refractivity contribution < 1.29 is 23.8 Å². The zero-order valence-electron chi connectivity index (χ0n) is 17.7. The van der Waals surface area contributed by atoms with Gasteiger partial charge in [-0.05, 0) is 41.8 Å². The van der Waals surface area contributed by atoms with Crippen molar-refractivity contribution in [3.8, 4) is 17.2 Å². The maximum atomic E-state index is 13.8. The molecule has 166 valence electrons. The lowest BCUT2D eigenvalue weighted by molar-refractivity contribution is -0.117. The molecule has 0 saturated carbocycles. The summed E-state index contributed by atoms with van der Waals surface area (Å²) in [5, 5.41) is 5.33. The van der Waals surface area contributed by atoms with Gasteiger partial charge in [0.1, 0.15) is 6.54 Å². The zero-order chi connectivity index (χ0) is 22.8. The molecule has 1 aliphatic rings. The lowest BCUT2D eigenvalue weighted by atomic mass is 10.0. The molecule has 2 heterocycles. The van der Waals surface area contributed by atoms with E-state index in [4.69, 9.17) is 25.8 Å². The summed E-state index contributed by atoms with van der Waals surface area (Å²) in [5.74, 6) is 0.433. The number of anilines is 1. The van der Waals surface area contributed by atoms with E-state index in [2.05, 4.69) is 5.32 Å². The van der Waals surface area contributed by atoms with Gasteiger partial charge in [0.05, 0.1) is 27.4 Å². The van der Waals surface area contributed by atoms with Gasteiger partial charge in [-0.15, -0.1) is 11.3 Å². The van der Waals surface area contributed by atoms with E-state index in [0.717, 1.165) is 10.4 Å². The molecule has 1 aromatic heterocycles. The first-order valence-corrected chi connectivity index (χ1v) is 11.0. The van der Waals surface area contributed by atoms with E-state index in [1.54, 1.807) is 30.3 Å². The fraction of sp³-hybridized carbons (Fsp3) is 0.217. The molecule has 0 bridgehead atoms. The smallest absolute Gasteiger partial charge is 0.255 e. The van der Waals surface area contributed by atoms with Crippen LogP contribution in [0.1, 0.15) is 26.8 Å². The second-order valence-corrected chi connectivity index (χ2v) is 8.46. The van der Waals surface area contributed by atoms with Gasteiger partial charge in [-0.25, -0.2) is 0 Å². The number of rotatable bonds is 5. The van der Waals surface area contributed by atoms with E-state index < -0.39 is 6.04 Å². The summed E-state index contributed by atoms with van der Waals surface area (Å²) >= 11 is 7.79. The van der Waals surface area contributed by atoms with E-state index in [1.807, 2.05) is 17.5 Å². The van der Waals surface area contributed by atoms with Crippen LogP contribution in [0.25, 0.3) is 0 Å². The standard InChI is InChI=1S/C23H21ClN2O5S/c1-29-17-9-13(10-18(30-2)22(17)31-3)23(28)26-12-20(27)25-16-7-6-14(24)11-15(16)21(26)19-5-4-8-32-19/h4-11,21H,12H2,1-3H3,(H,25,27). The predicted molar refractivity (Wildman–Crippen MR) is 123 cm³/mol. The third kappa shape index (κ3) is 3.99. The fourth-order valence-corrected chi connectivity index (χ4v) is 4.83. The Bertz CT molecular complexity index is 1140. The van der Waals surface area contributed by atoms with Crippen LogP contribution in [0.2, 0.25) is 5.02 Å². The molecule has 0 aliphatic carbocycles. The number of hydrogen-bond donors (Lipinski definition) is 1. The molecule has 7 nitrogen and oxygen atoms in total. The Kier molecular flexibility index (Phi) is 6.25. The molecule has 2 amide bonds. The molecule has 4 rings (SSSR count). The number of fused-ring (bicyclic) bond motifs is 1. The molecule has 32 heavy (non-hydrogen) atoms. The number of ether oxygens (including phenoxy) is 3. The first kappa shape index (κ1) is 22.0. The Morgan fingerprint density at radius 3 is 2.41 bits per heavy atom. The molecule has 0 saturated heterocycles. The van der Waals surface area contributed by atoms with Crippen LogP contribution in [0.15, 0.2) is 47.8 Å². The second-order valence-electron chi connectivity index (χ2n) is 7.04. The van der Waals surface area contributed by atoms with Crippen LogP contribution in [-0.2, 0) is 4.79 Å². The molecule has 0 fully saturated rings. The van der Waals surface area contributed by atoms with Crippen molar-refractivity contribution in [3.63, 3.8) is 0 Å². The summed E-state index contributed by atoms with van der Waals surface area (Å²) in [6.45, 7) is -0.135. The topological polar surface area (TPSA) is 77.1 Å². The Morgan fingerprint density at radius 2 is 1.81 bits per heavy atom. The maximum Gasteiger partial charge on any atom is 0.255 e. The van der Waals surface area contributed by atoms with Crippen molar-refractivity contribution in [2.45, 2.75) is 6.04 Å². The molecular formula is C23H21ClN2O5S. The Morgan fingerprint density at radius 1 is 1.09 bits per heavy atom. The number of carbonyl (C=O) groups excluding carboxylic acids is 2. The Hall–Kier alpha value is -3.23. The minimum absolute atomic E-state index is 0.135. The fourth-order valence-electron chi connectivity index (χ4n) is 3.79. The number of halogens is 1. The molecule has 1 aliphatic heterocycles. The number of nitrogens with zero attached hydrogens (tertiary/aromatic N) is 1.